The maximum Gasteiger partial charge on any atom is 0.409 e. The van der Waals surface area contributed by atoms with E-state index in [1.54, 1.807) is 17.0 Å². The molecule has 174 valence electrons. The molecule has 1 aromatic carbocycles. The van der Waals surface area contributed by atoms with Gasteiger partial charge in [0.1, 0.15) is 0 Å². The van der Waals surface area contributed by atoms with Gasteiger partial charge in [-0.05, 0) is 50.0 Å². The molecule has 0 spiro atoms. The van der Waals surface area contributed by atoms with Gasteiger partial charge in [0, 0.05) is 43.5 Å². The smallest absolute Gasteiger partial charge is 0.409 e. The Kier molecular flexibility index (Phi) is 8.37. The first kappa shape index (κ1) is 24.3. The Morgan fingerprint density at radius 1 is 1.25 bits per heavy atom. The number of sulfonamides is 1. The fraction of sp³-hybridized carbons (Fsp3) is 0.500. The number of amides is 2. The quantitative estimate of drug-likeness (QED) is 0.669. The van der Waals surface area contributed by atoms with Crippen molar-refractivity contribution in [2.75, 3.05) is 33.3 Å². The largest absolute Gasteiger partial charge is 0.453 e. The second-order valence-corrected chi connectivity index (χ2v) is 10.2. The summed E-state index contributed by atoms with van der Waals surface area (Å²) in [5.41, 5.74) is 3.82. The van der Waals surface area contributed by atoms with E-state index in [0.717, 1.165) is 12.8 Å². The molecule has 1 saturated heterocycles. The summed E-state index contributed by atoms with van der Waals surface area (Å²) in [6.07, 6.45) is 4.26. The van der Waals surface area contributed by atoms with Crippen LogP contribution in [0, 0.1) is 5.92 Å². The van der Waals surface area contributed by atoms with E-state index in [2.05, 4.69) is 11.0 Å². The average molecular weight is 482 g/mol. The van der Waals surface area contributed by atoms with Crippen molar-refractivity contribution in [3.63, 3.8) is 0 Å². The van der Waals surface area contributed by atoms with E-state index in [-0.39, 0.29) is 42.3 Å². The molecule has 1 unspecified atom stereocenters. The summed E-state index contributed by atoms with van der Waals surface area (Å²) in [4.78, 5) is 26.3. The van der Waals surface area contributed by atoms with Crippen molar-refractivity contribution < 1.29 is 22.7 Å². The number of likely N-dealkylation sites (tertiary alicyclic amines) is 1. The van der Waals surface area contributed by atoms with Crippen LogP contribution in [0.5, 0.6) is 0 Å². The fourth-order valence-corrected chi connectivity index (χ4v) is 5.66. The molecule has 2 aliphatic heterocycles. The van der Waals surface area contributed by atoms with Gasteiger partial charge in [0.05, 0.1) is 17.7 Å². The molecule has 0 aromatic heterocycles. The van der Waals surface area contributed by atoms with Gasteiger partial charge in [-0.1, -0.05) is 17.7 Å². The first-order valence-corrected chi connectivity index (χ1v) is 12.5. The molecule has 1 N–H and O–H groups in total. The summed E-state index contributed by atoms with van der Waals surface area (Å²) in [6, 6.07) is 6.13. The average Bonchev–Trinajstić information content (AvgIpc) is 2.83. The molecule has 2 heterocycles. The Morgan fingerprint density at radius 3 is 2.81 bits per heavy atom. The highest BCUT2D eigenvalue weighted by atomic mass is 35.5. The molecular weight excluding hydrogens is 454 g/mol. The Balaban J connectivity index is 1.73. The van der Waals surface area contributed by atoms with Crippen molar-refractivity contribution >= 4 is 33.6 Å². The predicted octanol–water partition coefficient (Wildman–Crippen LogP) is 3.15. The number of benzene rings is 1. The Labute approximate surface area is 193 Å². The van der Waals surface area contributed by atoms with E-state index < -0.39 is 10.0 Å². The maximum absolute atomic E-state index is 13.1. The zero-order valence-electron chi connectivity index (χ0n) is 18.0. The molecule has 2 amide bonds. The van der Waals surface area contributed by atoms with E-state index in [4.69, 9.17) is 16.3 Å². The highest BCUT2D eigenvalue weighted by Gasteiger charge is 2.29. The second kappa shape index (κ2) is 11.0. The van der Waals surface area contributed by atoms with Crippen molar-refractivity contribution in [3.05, 3.63) is 46.8 Å². The van der Waals surface area contributed by atoms with Gasteiger partial charge in [-0.2, -0.15) is 4.31 Å². The van der Waals surface area contributed by atoms with Crippen LogP contribution in [0.1, 0.15) is 32.1 Å². The summed E-state index contributed by atoms with van der Waals surface area (Å²) in [5.74, 6) is -0.348. The first-order chi connectivity index (χ1) is 15.3. The molecule has 3 rings (SSSR count). The lowest BCUT2D eigenvalue weighted by Crippen LogP contribution is -2.43. The third-order valence-corrected chi connectivity index (χ3v) is 7.70. The lowest BCUT2D eigenvalue weighted by Gasteiger charge is -2.32. The van der Waals surface area contributed by atoms with Crippen LogP contribution in [0.25, 0.3) is 0 Å². The second-order valence-electron chi connectivity index (χ2n) is 7.82. The van der Waals surface area contributed by atoms with E-state index in [9.17, 15) is 18.0 Å². The molecule has 1 fully saturated rings. The standard InChI is InChI=1S/C22H28ClN3O5S/c1-31-22(28)25-12-6-7-17(16-25)20-10-3-2-4-13-26(14-11-21(27)24-20)32(29,30)19-9-5-8-18(23)15-19/h3,5,8-9,15,17H,2,4,6-7,11-14,16H2,1H3,(H,24,27). The number of nitrogens with zero attached hydrogens (tertiary/aromatic N) is 2. The van der Waals surface area contributed by atoms with E-state index >= 15 is 0 Å². The van der Waals surface area contributed by atoms with Gasteiger partial charge in [0.15, 0.2) is 0 Å². The molecule has 1 atom stereocenters. The van der Waals surface area contributed by atoms with Crippen molar-refractivity contribution in [2.24, 2.45) is 5.92 Å². The van der Waals surface area contributed by atoms with Crippen LogP contribution in [0.4, 0.5) is 4.79 Å². The van der Waals surface area contributed by atoms with Gasteiger partial charge in [0.25, 0.3) is 0 Å². The number of hydrogen-bond acceptors (Lipinski definition) is 5. The van der Waals surface area contributed by atoms with E-state index in [0.29, 0.717) is 36.7 Å². The molecule has 0 radical (unpaired) electrons. The van der Waals surface area contributed by atoms with Gasteiger partial charge < -0.3 is 15.0 Å². The number of rotatable bonds is 3. The van der Waals surface area contributed by atoms with Crippen molar-refractivity contribution in [2.45, 2.75) is 37.0 Å². The fourth-order valence-electron chi connectivity index (χ4n) is 3.88. The predicted molar refractivity (Wildman–Crippen MR) is 121 cm³/mol. The molecular formula is C22H28ClN3O5S. The van der Waals surface area contributed by atoms with Crippen LogP contribution in [-0.4, -0.2) is 62.9 Å². The van der Waals surface area contributed by atoms with Gasteiger partial charge in [-0.15, -0.1) is 5.73 Å². The minimum absolute atomic E-state index is 0.0123. The van der Waals surface area contributed by atoms with Crippen molar-refractivity contribution in [1.29, 1.82) is 0 Å². The number of nitrogens with one attached hydrogen (secondary N) is 1. The van der Waals surface area contributed by atoms with Crippen LogP contribution in [0.2, 0.25) is 5.02 Å². The molecule has 2 aliphatic rings. The zero-order valence-corrected chi connectivity index (χ0v) is 19.6. The van der Waals surface area contributed by atoms with E-state index in [1.807, 2.05) is 6.08 Å². The Hall–Kier alpha value is -2.32. The summed E-state index contributed by atoms with van der Waals surface area (Å²) >= 11 is 5.97. The topological polar surface area (TPSA) is 96.0 Å². The SMILES string of the molecule is COC(=O)N1CCCC(C2=C=CCCCN(S(=O)(=O)c3cccc(Cl)c3)CCC(=O)N2)C1. The van der Waals surface area contributed by atoms with Gasteiger partial charge in [-0.25, -0.2) is 13.2 Å². The summed E-state index contributed by atoms with van der Waals surface area (Å²) < 4.78 is 32.3. The number of methoxy groups -OCH3 is 1. The van der Waals surface area contributed by atoms with Crippen LogP contribution in [0.3, 0.4) is 0 Å². The molecule has 32 heavy (non-hydrogen) atoms. The third kappa shape index (κ3) is 6.13. The van der Waals surface area contributed by atoms with E-state index in [1.165, 1.54) is 23.5 Å². The minimum Gasteiger partial charge on any atom is -0.453 e. The van der Waals surface area contributed by atoms with Crippen LogP contribution in [-0.2, 0) is 19.6 Å². The molecule has 0 bridgehead atoms. The lowest BCUT2D eigenvalue weighted by atomic mass is 9.94. The van der Waals surface area contributed by atoms with Gasteiger partial charge >= 0.3 is 6.09 Å². The molecule has 0 saturated carbocycles. The monoisotopic (exact) mass is 481 g/mol. The van der Waals surface area contributed by atoms with Crippen LogP contribution < -0.4 is 5.32 Å². The van der Waals surface area contributed by atoms with Crippen molar-refractivity contribution in [3.8, 4) is 0 Å². The third-order valence-electron chi connectivity index (χ3n) is 5.57. The first-order valence-electron chi connectivity index (χ1n) is 10.6. The number of piperidine rings is 1. The molecule has 10 heteroatoms. The Morgan fingerprint density at radius 2 is 2.06 bits per heavy atom. The number of halogens is 1. The maximum atomic E-state index is 13.1. The number of carbonyl (C=O) groups is 2. The van der Waals surface area contributed by atoms with Gasteiger partial charge in [-0.3, -0.25) is 4.79 Å². The summed E-state index contributed by atoms with van der Waals surface area (Å²) in [6.45, 7) is 1.41. The summed E-state index contributed by atoms with van der Waals surface area (Å²) in [7, 11) is -2.42. The van der Waals surface area contributed by atoms with Crippen LogP contribution in [0.15, 0.2) is 46.7 Å². The molecule has 0 aliphatic carbocycles. The highest BCUT2D eigenvalue weighted by molar-refractivity contribution is 7.89. The number of carbonyl (C=O) groups excluding carboxylic acids is 2. The van der Waals surface area contributed by atoms with Crippen LogP contribution >= 0.6 is 11.6 Å². The highest BCUT2D eigenvalue weighted by Crippen LogP contribution is 2.24. The summed E-state index contributed by atoms with van der Waals surface area (Å²) in [5, 5.41) is 3.24. The normalized spacial score (nSPS) is 21.3. The van der Waals surface area contributed by atoms with Gasteiger partial charge in [0.2, 0.25) is 15.9 Å². The molecule has 1 aromatic rings. The minimum atomic E-state index is -3.77. The zero-order chi connectivity index (χ0) is 23.1. The molecule has 8 nitrogen and oxygen atoms in total. The Bertz CT molecular complexity index is 1020. The lowest BCUT2D eigenvalue weighted by molar-refractivity contribution is -0.120. The number of ether oxygens (including phenoxy) is 1. The number of hydrogen-bond donors (Lipinski definition) is 1. The van der Waals surface area contributed by atoms with Crippen molar-refractivity contribution in [1.82, 2.24) is 14.5 Å².